The summed E-state index contributed by atoms with van der Waals surface area (Å²) in [7, 11) is -3.66. The van der Waals surface area contributed by atoms with Gasteiger partial charge in [0.15, 0.2) is 4.80 Å². The van der Waals surface area contributed by atoms with Crippen molar-refractivity contribution in [3.05, 3.63) is 75.6 Å². The fraction of sp³-hybridized carbons (Fsp3) is 0.238. The lowest BCUT2D eigenvalue weighted by Gasteiger charge is -2.26. The van der Waals surface area contributed by atoms with Crippen LogP contribution >= 0.6 is 11.3 Å². The van der Waals surface area contributed by atoms with E-state index in [1.54, 1.807) is 16.7 Å². The minimum Gasteiger partial charge on any atom is -0.379 e. The quantitative estimate of drug-likeness (QED) is 0.298. The summed E-state index contributed by atoms with van der Waals surface area (Å²) < 4.78 is 34.4. The summed E-state index contributed by atoms with van der Waals surface area (Å²) in [5.41, 5.74) is 0.873. The molecule has 0 aliphatic carbocycles. The Kier molecular flexibility index (Phi) is 6.51. The predicted molar refractivity (Wildman–Crippen MR) is 123 cm³/mol. The van der Waals surface area contributed by atoms with Crippen molar-refractivity contribution in [2.24, 2.45) is 4.99 Å². The molecule has 0 unspecified atom stereocenters. The molecule has 0 bridgehead atoms. The smallest absolute Gasteiger partial charge is 0.279 e. The molecule has 2 heterocycles. The van der Waals surface area contributed by atoms with Crippen LogP contribution in [0, 0.1) is 10.1 Å². The first-order valence-electron chi connectivity index (χ1n) is 9.97. The van der Waals surface area contributed by atoms with Crippen molar-refractivity contribution in [2.75, 3.05) is 26.3 Å². The number of hydrogen-bond donors (Lipinski definition) is 0. The number of benzene rings is 2. The third-order valence-corrected chi connectivity index (χ3v) is 8.05. The molecule has 1 saturated heterocycles. The van der Waals surface area contributed by atoms with Crippen LogP contribution in [0.5, 0.6) is 0 Å². The van der Waals surface area contributed by atoms with Gasteiger partial charge in [0.05, 0.1) is 33.2 Å². The van der Waals surface area contributed by atoms with E-state index in [1.165, 1.54) is 40.7 Å². The summed E-state index contributed by atoms with van der Waals surface area (Å²) in [6.07, 6.45) is 1.64. The maximum absolute atomic E-state index is 12.8. The minimum atomic E-state index is -3.66. The van der Waals surface area contributed by atoms with E-state index in [0.717, 1.165) is 11.3 Å². The Hall–Kier alpha value is -3.19. The highest BCUT2D eigenvalue weighted by Gasteiger charge is 2.26. The topological polar surface area (TPSA) is 124 Å². The molecule has 1 aliphatic heterocycles. The molecule has 0 radical (unpaired) electrons. The van der Waals surface area contributed by atoms with E-state index in [0.29, 0.717) is 34.8 Å². The number of non-ortho nitro benzene ring substituents is 1. The van der Waals surface area contributed by atoms with Crippen LogP contribution in [-0.2, 0) is 21.3 Å². The van der Waals surface area contributed by atoms with Crippen molar-refractivity contribution in [1.29, 1.82) is 0 Å². The molecule has 12 heteroatoms. The number of hydrogen-bond acceptors (Lipinski definition) is 7. The molecule has 1 fully saturated rings. The molecule has 10 nitrogen and oxygen atoms in total. The van der Waals surface area contributed by atoms with Crippen LogP contribution in [0.2, 0.25) is 0 Å². The molecule has 1 aromatic heterocycles. The van der Waals surface area contributed by atoms with Crippen molar-refractivity contribution in [3.8, 4) is 0 Å². The highest BCUT2D eigenvalue weighted by atomic mass is 32.2. The summed E-state index contributed by atoms with van der Waals surface area (Å²) in [6.45, 7) is 5.34. The Labute approximate surface area is 193 Å². The van der Waals surface area contributed by atoms with Crippen molar-refractivity contribution in [3.63, 3.8) is 0 Å². The third kappa shape index (κ3) is 4.64. The van der Waals surface area contributed by atoms with Crippen molar-refractivity contribution < 1.29 is 22.9 Å². The fourth-order valence-electron chi connectivity index (χ4n) is 3.42. The van der Waals surface area contributed by atoms with E-state index in [1.807, 2.05) is 0 Å². The van der Waals surface area contributed by atoms with E-state index in [-0.39, 0.29) is 29.2 Å². The monoisotopic (exact) mass is 488 g/mol. The van der Waals surface area contributed by atoms with E-state index < -0.39 is 20.9 Å². The lowest BCUT2D eigenvalue weighted by Crippen LogP contribution is -2.40. The molecule has 4 rings (SSSR count). The molecule has 0 N–H and O–H groups in total. The number of nitrogens with zero attached hydrogens (tertiary/aromatic N) is 4. The number of ether oxygens (including phenoxy) is 1. The molecule has 33 heavy (non-hydrogen) atoms. The van der Waals surface area contributed by atoms with Gasteiger partial charge in [0.25, 0.3) is 11.6 Å². The molecule has 0 saturated carbocycles. The zero-order valence-electron chi connectivity index (χ0n) is 17.4. The van der Waals surface area contributed by atoms with Gasteiger partial charge < -0.3 is 9.30 Å². The molecule has 172 valence electrons. The average molecular weight is 489 g/mol. The van der Waals surface area contributed by atoms with Gasteiger partial charge >= 0.3 is 0 Å². The Morgan fingerprint density at radius 1 is 1.21 bits per heavy atom. The summed E-state index contributed by atoms with van der Waals surface area (Å²) >= 11 is 1.15. The summed E-state index contributed by atoms with van der Waals surface area (Å²) in [5.74, 6) is -0.552. The largest absolute Gasteiger partial charge is 0.379 e. The lowest BCUT2D eigenvalue weighted by molar-refractivity contribution is -0.384. The van der Waals surface area contributed by atoms with Crippen LogP contribution < -0.4 is 4.80 Å². The van der Waals surface area contributed by atoms with Gasteiger partial charge in [-0.3, -0.25) is 14.9 Å². The number of aromatic nitrogens is 1. The van der Waals surface area contributed by atoms with Crippen LogP contribution in [0.15, 0.2) is 65.0 Å². The molecule has 1 amide bonds. The SMILES string of the molecule is C=CCn1c(=NC(=O)c2ccc(S(=O)(=O)N3CCOCC3)cc2)sc2cc([N+](=O)[O-])ccc21. The highest BCUT2D eigenvalue weighted by molar-refractivity contribution is 7.89. The number of carbonyl (C=O) groups excluding carboxylic acids is 1. The molecule has 0 atom stereocenters. The van der Waals surface area contributed by atoms with Crippen LogP contribution in [0.25, 0.3) is 10.2 Å². The van der Waals surface area contributed by atoms with Crippen molar-refractivity contribution in [2.45, 2.75) is 11.4 Å². The zero-order chi connectivity index (χ0) is 23.6. The van der Waals surface area contributed by atoms with E-state index in [2.05, 4.69) is 11.6 Å². The van der Waals surface area contributed by atoms with Gasteiger partial charge in [-0.25, -0.2) is 8.42 Å². The number of carbonyl (C=O) groups is 1. The molecule has 0 spiro atoms. The Bertz CT molecular complexity index is 1400. The average Bonchev–Trinajstić information content (AvgIpc) is 3.16. The van der Waals surface area contributed by atoms with Crippen molar-refractivity contribution >= 4 is 43.2 Å². The van der Waals surface area contributed by atoms with Gasteiger partial charge in [-0.15, -0.1) is 6.58 Å². The molecular formula is C21H20N4O6S2. The lowest BCUT2D eigenvalue weighted by atomic mass is 10.2. The zero-order valence-corrected chi connectivity index (χ0v) is 19.0. The first-order chi connectivity index (χ1) is 15.8. The van der Waals surface area contributed by atoms with Crippen LogP contribution in [-0.4, -0.2) is 54.4 Å². The number of rotatable bonds is 6. The maximum Gasteiger partial charge on any atom is 0.279 e. The first-order valence-corrected chi connectivity index (χ1v) is 12.2. The van der Waals surface area contributed by atoms with Gasteiger partial charge in [0.1, 0.15) is 0 Å². The molecule has 3 aromatic rings. The Morgan fingerprint density at radius 2 is 1.91 bits per heavy atom. The Morgan fingerprint density at radius 3 is 2.55 bits per heavy atom. The second-order valence-electron chi connectivity index (χ2n) is 7.15. The second-order valence-corrected chi connectivity index (χ2v) is 10.1. The summed E-state index contributed by atoms with van der Waals surface area (Å²) in [4.78, 5) is 28.0. The number of thiazole rings is 1. The maximum atomic E-state index is 12.8. The number of amides is 1. The fourth-order valence-corrected chi connectivity index (χ4v) is 5.90. The number of sulfonamides is 1. The second kappa shape index (κ2) is 9.35. The molecule has 2 aromatic carbocycles. The first kappa shape index (κ1) is 23.0. The molecule has 1 aliphatic rings. The standard InChI is InChI=1S/C21H20N4O6S2/c1-2-9-24-18-8-5-16(25(27)28)14-19(18)32-21(24)22-20(26)15-3-6-17(7-4-15)33(29,30)23-10-12-31-13-11-23/h2-8,14H,1,9-13H2. The molecular weight excluding hydrogens is 468 g/mol. The van der Waals surface area contributed by atoms with Gasteiger partial charge in [-0.2, -0.15) is 9.30 Å². The van der Waals surface area contributed by atoms with E-state index in [9.17, 15) is 23.3 Å². The van der Waals surface area contributed by atoms with E-state index in [4.69, 9.17) is 4.74 Å². The number of fused-ring (bicyclic) bond motifs is 1. The van der Waals surface area contributed by atoms with Gasteiger partial charge in [0.2, 0.25) is 10.0 Å². The van der Waals surface area contributed by atoms with Gasteiger partial charge in [0, 0.05) is 37.3 Å². The highest BCUT2D eigenvalue weighted by Crippen LogP contribution is 2.23. The van der Waals surface area contributed by atoms with Gasteiger partial charge in [-0.1, -0.05) is 17.4 Å². The summed E-state index contributed by atoms with van der Waals surface area (Å²) in [5, 5.41) is 11.1. The van der Waals surface area contributed by atoms with Crippen LogP contribution in [0.4, 0.5) is 5.69 Å². The number of allylic oxidation sites excluding steroid dienone is 1. The van der Waals surface area contributed by atoms with Gasteiger partial charge in [-0.05, 0) is 30.3 Å². The number of nitro groups is 1. The normalized spacial score (nSPS) is 15.6. The third-order valence-electron chi connectivity index (χ3n) is 5.10. The Balaban J connectivity index is 1.67. The van der Waals surface area contributed by atoms with Crippen molar-refractivity contribution in [1.82, 2.24) is 8.87 Å². The number of nitro benzene ring substituents is 1. The van der Waals surface area contributed by atoms with E-state index >= 15 is 0 Å². The van der Waals surface area contributed by atoms with Crippen LogP contribution in [0.1, 0.15) is 10.4 Å². The van der Waals surface area contributed by atoms with Crippen LogP contribution in [0.3, 0.4) is 0 Å². The predicted octanol–water partition coefficient (Wildman–Crippen LogP) is 2.56. The minimum absolute atomic E-state index is 0.0514. The number of morpholine rings is 1. The summed E-state index contributed by atoms with van der Waals surface area (Å²) in [6, 6.07) is 10.1.